The summed E-state index contributed by atoms with van der Waals surface area (Å²) in [7, 11) is 0. The molecule has 0 saturated heterocycles. The summed E-state index contributed by atoms with van der Waals surface area (Å²) in [6, 6.07) is 0. The van der Waals surface area contributed by atoms with Crippen molar-refractivity contribution in [2.45, 2.75) is 59.8 Å². The lowest BCUT2D eigenvalue weighted by Crippen LogP contribution is -2.51. The minimum absolute atomic E-state index is 0.880. The van der Waals surface area contributed by atoms with Gasteiger partial charge in [-0.25, -0.2) is 0 Å². The molecule has 0 aliphatic heterocycles. The van der Waals surface area contributed by atoms with Crippen molar-refractivity contribution in [3.05, 3.63) is 0 Å². The average molecular weight is 208 g/mol. The highest BCUT2D eigenvalue weighted by atomic mass is 14.6. The first-order chi connectivity index (χ1) is 7.13. The van der Waals surface area contributed by atoms with Gasteiger partial charge < -0.3 is 0 Å². The Kier molecular flexibility index (Phi) is 3.42. The molecular formula is C15H28. The predicted molar refractivity (Wildman–Crippen MR) is 66.7 cm³/mol. The first kappa shape index (κ1) is 11.5. The van der Waals surface area contributed by atoms with Crippen LogP contribution in [0.15, 0.2) is 0 Å². The molecule has 15 heavy (non-hydrogen) atoms. The van der Waals surface area contributed by atoms with E-state index in [4.69, 9.17) is 0 Å². The molecule has 5 unspecified atom stereocenters. The van der Waals surface area contributed by atoms with E-state index in [1.165, 1.54) is 19.3 Å². The molecule has 0 N–H and O–H groups in total. The van der Waals surface area contributed by atoms with Gasteiger partial charge in [0, 0.05) is 0 Å². The van der Waals surface area contributed by atoms with E-state index in [9.17, 15) is 0 Å². The molecule has 5 atom stereocenters. The van der Waals surface area contributed by atoms with E-state index in [-0.39, 0.29) is 0 Å². The van der Waals surface area contributed by atoms with Crippen LogP contribution in [0.25, 0.3) is 0 Å². The van der Waals surface area contributed by atoms with Crippen molar-refractivity contribution in [2.75, 3.05) is 0 Å². The monoisotopic (exact) mass is 208 g/mol. The molecule has 2 saturated carbocycles. The van der Waals surface area contributed by atoms with Crippen LogP contribution in [0.2, 0.25) is 0 Å². The Hall–Kier alpha value is 0. The molecule has 88 valence electrons. The Morgan fingerprint density at radius 2 is 1.60 bits per heavy atom. The van der Waals surface area contributed by atoms with Crippen LogP contribution in [0, 0.1) is 35.5 Å². The van der Waals surface area contributed by atoms with Crippen LogP contribution in [0.4, 0.5) is 0 Å². The number of fused-ring (bicyclic) bond motifs is 1. The Morgan fingerprint density at radius 3 is 2.07 bits per heavy atom. The van der Waals surface area contributed by atoms with Gasteiger partial charge in [0.2, 0.25) is 0 Å². The highest BCUT2D eigenvalue weighted by molar-refractivity contribution is 5.01. The second-order valence-corrected chi connectivity index (χ2v) is 6.53. The van der Waals surface area contributed by atoms with Crippen molar-refractivity contribution in [3.63, 3.8) is 0 Å². The van der Waals surface area contributed by atoms with E-state index >= 15 is 0 Å². The third kappa shape index (κ3) is 2.10. The third-order valence-electron chi connectivity index (χ3n) is 5.57. The van der Waals surface area contributed by atoms with Gasteiger partial charge in [0.25, 0.3) is 0 Å². The molecule has 0 aromatic rings. The summed E-state index contributed by atoms with van der Waals surface area (Å²) in [5.74, 6) is 6.38. The van der Waals surface area contributed by atoms with Crippen LogP contribution in [0.1, 0.15) is 59.8 Å². The molecule has 0 amide bonds. The molecule has 0 bridgehead atoms. The Bertz CT molecular complexity index is 206. The molecule has 2 fully saturated rings. The van der Waals surface area contributed by atoms with Crippen LogP contribution in [-0.2, 0) is 0 Å². The van der Waals surface area contributed by atoms with Gasteiger partial charge in [-0.3, -0.25) is 0 Å². The lowest BCUT2D eigenvalue weighted by Gasteiger charge is -2.59. The Morgan fingerprint density at radius 1 is 1.00 bits per heavy atom. The van der Waals surface area contributed by atoms with Crippen molar-refractivity contribution < 1.29 is 0 Å². The van der Waals surface area contributed by atoms with E-state index < -0.39 is 0 Å². The molecule has 0 aromatic carbocycles. The minimum Gasteiger partial charge on any atom is -0.0651 e. The zero-order chi connectivity index (χ0) is 11.0. The quantitative estimate of drug-likeness (QED) is 0.612. The van der Waals surface area contributed by atoms with Crippen LogP contribution < -0.4 is 0 Å². The summed E-state index contributed by atoms with van der Waals surface area (Å²) in [4.78, 5) is 0. The number of hydrogen-bond acceptors (Lipinski definition) is 0. The lowest BCUT2D eigenvalue weighted by molar-refractivity contribution is -0.0935. The fourth-order valence-electron chi connectivity index (χ4n) is 3.70. The van der Waals surface area contributed by atoms with Crippen LogP contribution in [0.3, 0.4) is 0 Å². The lowest BCUT2D eigenvalue weighted by atomic mass is 9.46. The second-order valence-electron chi connectivity index (χ2n) is 6.53. The first-order valence-corrected chi connectivity index (χ1v) is 7.13. The van der Waals surface area contributed by atoms with E-state index in [1.807, 2.05) is 0 Å². The average Bonchev–Trinajstić information content (AvgIpc) is 2.19. The van der Waals surface area contributed by atoms with Gasteiger partial charge in [-0.1, -0.05) is 40.5 Å². The van der Waals surface area contributed by atoms with Crippen LogP contribution >= 0.6 is 0 Å². The van der Waals surface area contributed by atoms with Gasteiger partial charge >= 0.3 is 0 Å². The smallest absolute Gasteiger partial charge is 0.0352 e. The normalized spacial score (nSPS) is 40.6. The van der Waals surface area contributed by atoms with Crippen LogP contribution in [-0.4, -0.2) is 0 Å². The summed E-state index contributed by atoms with van der Waals surface area (Å²) >= 11 is 0. The molecule has 0 spiro atoms. The van der Waals surface area contributed by atoms with E-state index in [0.29, 0.717) is 0 Å². The van der Waals surface area contributed by atoms with E-state index in [2.05, 4.69) is 27.7 Å². The first-order valence-electron chi connectivity index (χ1n) is 7.13. The van der Waals surface area contributed by atoms with Gasteiger partial charge in [0.15, 0.2) is 0 Å². The number of hydrogen-bond donors (Lipinski definition) is 0. The molecule has 0 nitrogen and oxygen atoms in total. The Labute approximate surface area is 95.8 Å². The van der Waals surface area contributed by atoms with Gasteiger partial charge in [0.05, 0.1) is 0 Å². The molecule has 0 heteroatoms. The highest BCUT2D eigenvalue weighted by Gasteiger charge is 2.51. The van der Waals surface area contributed by atoms with Crippen LogP contribution in [0.5, 0.6) is 0 Å². The minimum atomic E-state index is 0.880. The standard InChI is InChI=1S/C15H28/c1-5-12-8-15-13(9-14(12)15)7-6-11(4)10(2)3/h10-15H,5-9H2,1-4H3. The fraction of sp³-hybridized carbons (Fsp3) is 1.00. The molecule has 2 aliphatic carbocycles. The van der Waals surface area contributed by atoms with Crippen molar-refractivity contribution >= 4 is 0 Å². The SMILES string of the molecule is CCC1CC2C(CCC(C)C(C)C)CC12. The van der Waals surface area contributed by atoms with Crippen molar-refractivity contribution in [1.82, 2.24) is 0 Å². The van der Waals surface area contributed by atoms with E-state index in [1.54, 1.807) is 12.8 Å². The second kappa shape index (κ2) is 4.47. The molecule has 0 heterocycles. The fourth-order valence-corrected chi connectivity index (χ4v) is 3.70. The predicted octanol–water partition coefficient (Wildman–Crippen LogP) is 4.74. The van der Waals surface area contributed by atoms with Gasteiger partial charge in [-0.05, 0) is 54.8 Å². The van der Waals surface area contributed by atoms with Gasteiger partial charge in [0.1, 0.15) is 0 Å². The summed E-state index contributed by atoms with van der Waals surface area (Å²) < 4.78 is 0. The zero-order valence-corrected chi connectivity index (χ0v) is 11.0. The topological polar surface area (TPSA) is 0 Å². The summed E-state index contributed by atoms with van der Waals surface area (Å²) in [5.41, 5.74) is 0. The Balaban J connectivity index is 1.64. The molecule has 2 rings (SSSR count). The van der Waals surface area contributed by atoms with Crippen molar-refractivity contribution in [3.8, 4) is 0 Å². The summed E-state index contributed by atoms with van der Waals surface area (Å²) in [6.45, 7) is 9.53. The van der Waals surface area contributed by atoms with Crippen molar-refractivity contribution in [1.29, 1.82) is 0 Å². The molecule has 0 radical (unpaired) electrons. The molecule has 0 aromatic heterocycles. The highest BCUT2D eigenvalue weighted by Crippen LogP contribution is 2.60. The maximum absolute atomic E-state index is 2.43. The van der Waals surface area contributed by atoms with E-state index in [0.717, 1.165) is 35.5 Å². The van der Waals surface area contributed by atoms with Gasteiger partial charge in [-0.15, -0.1) is 0 Å². The largest absolute Gasteiger partial charge is 0.0651 e. The third-order valence-corrected chi connectivity index (χ3v) is 5.57. The molecular weight excluding hydrogens is 180 g/mol. The maximum atomic E-state index is 2.43. The summed E-state index contributed by atoms with van der Waals surface area (Å²) in [6.07, 6.45) is 7.59. The zero-order valence-electron chi connectivity index (χ0n) is 11.0. The molecule has 2 aliphatic rings. The number of rotatable bonds is 5. The van der Waals surface area contributed by atoms with Crippen molar-refractivity contribution in [2.24, 2.45) is 35.5 Å². The summed E-state index contributed by atoms with van der Waals surface area (Å²) in [5, 5.41) is 0. The maximum Gasteiger partial charge on any atom is -0.0352 e. The van der Waals surface area contributed by atoms with Gasteiger partial charge in [-0.2, -0.15) is 0 Å².